The molecule has 0 rings (SSSR count). The van der Waals surface area contributed by atoms with Crippen LogP contribution in [0.4, 0.5) is 0 Å². The van der Waals surface area contributed by atoms with Gasteiger partial charge in [0.2, 0.25) is 0 Å². The van der Waals surface area contributed by atoms with E-state index in [1.807, 2.05) is 14.0 Å². The number of hydrogen-bond donors (Lipinski definition) is 1. The lowest BCUT2D eigenvalue weighted by molar-refractivity contribution is 0.0435. The number of methoxy groups -OCH3 is 1. The van der Waals surface area contributed by atoms with Crippen molar-refractivity contribution in [3.8, 4) is 0 Å². The van der Waals surface area contributed by atoms with Crippen LogP contribution < -0.4 is 0 Å². The minimum Gasteiger partial charge on any atom is -0.389 e. The molecule has 1 unspecified atom stereocenters. The third-order valence-electron chi connectivity index (χ3n) is 1.80. The molecule has 78 valence electrons. The van der Waals surface area contributed by atoms with Crippen LogP contribution in [-0.2, 0) is 4.74 Å². The molecule has 0 aromatic heterocycles. The van der Waals surface area contributed by atoms with Crippen LogP contribution >= 0.6 is 0 Å². The van der Waals surface area contributed by atoms with E-state index in [1.165, 1.54) is 5.57 Å². The lowest BCUT2D eigenvalue weighted by atomic mass is 10.2. The van der Waals surface area contributed by atoms with Crippen molar-refractivity contribution in [1.29, 1.82) is 0 Å². The molecule has 0 saturated carbocycles. The predicted molar refractivity (Wildman–Crippen MR) is 54.8 cm³/mol. The SMILES string of the molecule is C=C(C)CCN(C)CC(O)COC. The summed E-state index contributed by atoms with van der Waals surface area (Å²) in [5.74, 6) is 0. The summed E-state index contributed by atoms with van der Waals surface area (Å²) >= 11 is 0. The Morgan fingerprint density at radius 2 is 2.23 bits per heavy atom. The Kier molecular flexibility index (Phi) is 6.86. The van der Waals surface area contributed by atoms with Gasteiger partial charge in [-0.15, -0.1) is 6.58 Å². The van der Waals surface area contributed by atoms with E-state index in [1.54, 1.807) is 7.11 Å². The fourth-order valence-corrected chi connectivity index (χ4v) is 1.08. The molecule has 0 bridgehead atoms. The van der Waals surface area contributed by atoms with E-state index in [0.717, 1.165) is 13.0 Å². The number of hydrogen-bond acceptors (Lipinski definition) is 3. The monoisotopic (exact) mass is 187 g/mol. The first-order chi connectivity index (χ1) is 6.06. The zero-order chi connectivity index (χ0) is 10.3. The van der Waals surface area contributed by atoms with Crippen LogP contribution in [0.2, 0.25) is 0 Å². The summed E-state index contributed by atoms with van der Waals surface area (Å²) in [7, 11) is 3.58. The molecule has 1 atom stereocenters. The first-order valence-corrected chi connectivity index (χ1v) is 4.56. The molecule has 0 saturated heterocycles. The highest BCUT2D eigenvalue weighted by Crippen LogP contribution is 1.98. The minimum atomic E-state index is -0.389. The van der Waals surface area contributed by atoms with Gasteiger partial charge >= 0.3 is 0 Å². The molecule has 0 aliphatic carbocycles. The standard InChI is InChI=1S/C10H21NO2/c1-9(2)5-6-11(3)7-10(12)8-13-4/h10,12H,1,5-8H2,2-4H3. The normalized spacial score (nSPS) is 13.3. The van der Waals surface area contributed by atoms with Gasteiger partial charge < -0.3 is 14.7 Å². The molecule has 0 heterocycles. The van der Waals surface area contributed by atoms with Crippen molar-refractivity contribution in [2.75, 3.05) is 33.9 Å². The van der Waals surface area contributed by atoms with Crippen molar-refractivity contribution in [3.05, 3.63) is 12.2 Å². The molecule has 0 aliphatic rings. The highest BCUT2D eigenvalue weighted by Gasteiger charge is 2.06. The molecule has 13 heavy (non-hydrogen) atoms. The van der Waals surface area contributed by atoms with Crippen molar-refractivity contribution in [2.45, 2.75) is 19.4 Å². The van der Waals surface area contributed by atoms with Crippen molar-refractivity contribution in [3.63, 3.8) is 0 Å². The van der Waals surface area contributed by atoms with Gasteiger partial charge in [0, 0.05) is 20.2 Å². The third kappa shape index (κ3) is 7.96. The second-order valence-corrected chi connectivity index (χ2v) is 3.58. The van der Waals surface area contributed by atoms with Crippen LogP contribution in [0.1, 0.15) is 13.3 Å². The molecule has 0 spiro atoms. The average Bonchev–Trinajstić information content (AvgIpc) is 2.01. The second-order valence-electron chi connectivity index (χ2n) is 3.58. The predicted octanol–water partition coefficient (Wildman–Crippen LogP) is 0.892. The van der Waals surface area contributed by atoms with E-state index in [4.69, 9.17) is 4.74 Å². The topological polar surface area (TPSA) is 32.7 Å². The van der Waals surface area contributed by atoms with Crippen LogP contribution in [0.3, 0.4) is 0 Å². The molecular weight excluding hydrogens is 166 g/mol. The fraction of sp³-hybridized carbons (Fsp3) is 0.800. The number of rotatable bonds is 7. The Labute approximate surface area is 81.0 Å². The van der Waals surface area contributed by atoms with Gasteiger partial charge in [-0.2, -0.15) is 0 Å². The van der Waals surface area contributed by atoms with Gasteiger partial charge in [0.25, 0.3) is 0 Å². The Balaban J connectivity index is 3.48. The van der Waals surface area contributed by atoms with Crippen molar-refractivity contribution in [1.82, 2.24) is 4.90 Å². The first kappa shape index (κ1) is 12.6. The Morgan fingerprint density at radius 1 is 1.62 bits per heavy atom. The summed E-state index contributed by atoms with van der Waals surface area (Å²) in [6.07, 6.45) is 0.594. The molecule has 0 radical (unpaired) electrons. The molecule has 0 amide bonds. The summed E-state index contributed by atoms with van der Waals surface area (Å²) < 4.78 is 4.84. The zero-order valence-corrected chi connectivity index (χ0v) is 8.92. The van der Waals surface area contributed by atoms with Gasteiger partial charge in [0.1, 0.15) is 0 Å². The first-order valence-electron chi connectivity index (χ1n) is 4.56. The van der Waals surface area contributed by atoms with Crippen molar-refractivity contribution >= 4 is 0 Å². The van der Waals surface area contributed by atoms with E-state index >= 15 is 0 Å². The smallest absolute Gasteiger partial charge is 0.0899 e. The van der Waals surface area contributed by atoms with E-state index in [0.29, 0.717) is 13.2 Å². The second kappa shape index (κ2) is 7.06. The van der Waals surface area contributed by atoms with Crippen LogP contribution in [0.5, 0.6) is 0 Å². The van der Waals surface area contributed by atoms with Gasteiger partial charge in [0.15, 0.2) is 0 Å². The summed E-state index contributed by atoms with van der Waals surface area (Å²) in [4.78, 5) is 2.08. The molecule has 3 heteroatoms. The number of nitrogens with zero attached hydrogens (tertiary/aromatic N) is 1. The largest absolute Gasteiger partial charge is 0.389 e. The molecule has 0 fully saturated rings. The van der Waals surface area contributed by atoms with E-state index in [-0.39, 0.29) is 6.10 Å². The van der Waals surface area contributed by atoms with Crippen LogP contribution in [-0.4, -0.2) is 50.0 Å². The van der Waals surface area contributed by atoms with E-state index in [2.05, 4.69) is 11.5 Å². The number of aliphatic hydroxyl groups is 1. The highest BCUT2D eigenvalue weighted by molar-refractivity contribution is 4.88. The van der Waals surface area contributed by atoms with Gasteiger partial charge in [-0.3, -0.25) is 0 Å². The van der Waals surface area contributed by atoms with E-state index in [9.17, 15) is 5.11 Å². The maximum Gasteiger partial charge on any atom is 0.0899 e. The summed E-state index contributed by atoms with van der Waals surface area (Å²) in [6.45, 7) is 7.84. The maximum absolute atomic E-state index is 9.40. The quantitative estimate of drug-likeness (QED) is 0.601. The van der Waals surface area contributed by atoms with Crippen LogP contribution in [0.25, 0.3) is 0 Å². The summed E-state index contributed by atoms with van der Waals surface area (Å²) in [5.41, 5.74) is 1.17. The van der Waals surface area contributed by atoms with Crippen LogP contribution in [0.15, 0.2) is 12.2 Å². The van der Waals surface area contributed by atoms with Gasteiger partial charge in [0.05, 0.1) is 12.7 Å². The lowest BCUT2D eigenvalue weighted by Gasteiger charge is -2.19. The van der Waals surface area contributed by atoms with Crippen LogP contribution in [0, 0.1) is 0 Å². The van der Waals surface area contributed by atoms with E-state index < -0.39 is 0 Å². The third-order valence-corrected chi connectivity index (χ3v) is 1.80. The number of aliphatic hydroxyl groups excluding tert-OH is 1. The maximum atomic E-state index is 9.40. The van der Waals surface area contributed by atoms with Crippen molar-refractivity contribution < 1.29 is 9.84 Å². The Morgan fingerprint density at radius 3 is 2.69 bits per heavy atom. The van der Waals surface area contributed by atoms with Gasteiger partial charge in [-0.25, -0.2) is 0 Å². The Hall–Kier alpha value is -0.380. The Bertz CT molecular complexity index is 148. The molecule has 3 nitrogen and oxygen atoms in total. The fourth-order valence-electron chi connectivity index (χ4n) is 1.08. The summed E-state index contributed by atoms with van der Waals surface area (Å²) in [5, 5.41) is 9.40. The number of likely N-dealkylation sites (N-methyl/N-ethyl adjacent to an activating group) is 1. The molecule has 1 N–H and O–H groups in total. The summed E-state index contributed by atoms with van der Waals surface area (Å²) in [6, 6.07) is 0. The molecule has 0 aromatic carbocycles. The lowest BCUT2D eigenvalue weighted by Crippen LogP contribution is -2.32. The molecule has 0 aromatic rings. The van der Waals surface area contributed by atoms with Gasteiger partial charge in [-0.05, 0) is 20.4 Å². The average molecular weight is 187 g/mol. The minimum absolute atomic E-state index is 0.389. The number of ether oxygens (including phenoxy) is 1. The van der Waals surface area contributed by atoms with Crippen molar-refractivity contribution in [2.24, 2.45) is 0 Å². The molecular formula is C10H21NO2. The van der Waals surface area contributed by atoms with Gasteiger partial charge in [-0.1, -0.05) is 5.57 Å². The zero-order valence-electron chi connectivity index (χ0n) is 8.92. The molecule has 0 aliphatic heterocycles. The highest BCUT2D eigenvalue weighted by atomic mass is 16.5.